The van der Waals surface area contributed by atoms with Crippen LogP contribution in [-0.2, 0) is 51.7 Å². The number of hydrogen-bond acceptors (Lipinski definition) is 0. The van der Waals surface area contributed by atoms with Gasteiger partial charge in [-0.05, 0) is 0 Å². The summed E-state index contributed by atoms with van der Waals surface area (Å²) in [4.78, 5) is 0. The van der Waals surface area contributed by atoms with Crippen LogP contribution >= 0.6 is 0 Å². The molecule has 0 spiro atoms. The summed E-state index contributed by atoms with van der Waals surface area (Å²) >= 11 is 0. The van der Waals surface area contributed by atoms with Gasteiger partial charge in [-0.1, -0.05) is 69.2 Å². The standard InChI is InChI=1S/2C5H12N.4C3H8N.2Hf/c2*1-4-6-5(2)3;4*1-3-4-2;;/h2*5H,4H2,1-3H3;4*3H2,1-2H3;;/q6*-1;;. The smallest absolute Gasteiger partial charge is 0 e. The van der Waals surface area contributed by atoms with Gasteiger partial charge in [0.05, 0.1) is 0 Å². The number of nitrogens with zero attached hydrogens (tertiary/aromatic N) is 6. The Balaban J connectivity index is -0.0000000322. The molecule has 0 heterocycles. The summed E-state index contributed by atoms with van der Waals surface area (Å²) in [6.07, 6.45) is 0. The van der Waals surface area contributed by atoms with E-state index in [4.69, 9.17) is 0 Å². The van der Waals surface area contributed by atoms with Gasteiger partial charge in [0.1, 0.15) is 0 Å². The summed E-state index contributed by atoms with van der Waals surface area (Å²) in [6, 6.07) is 1.05. The van der Waals surface area contributed by atoms with Crippen LogP contribution in [0.25, 0.3) is 31.9 Å². The van der Waals surface area contributed by atoms with E-state index in [2.05, 4.69) is 73.4 Å². The van der Waals surface area contributed by atoms with Crippen LogP contribution in [0.4, 0.5) is 0 Å². The second-order valence-corrected chi connectivity index (χ2v) is 5.71. The minimum atomic E-state index is 0. The maximum Gasteiger partial charge on any atom is 0 e. The predicted molar refractivity (Wildman–Crippen MR) is 137 cm³/mol. The van der Waals surface area contributed by atoms with Crippen molar-refractivity contribution in [3.05, 3.63) is 31.9 Å². The topological polar surface area (TPSA) is 84.6 Å². The van der Waals surface area contributed by atoms with Crippen molar-refractivity contribution < 1.29 is 51.7 Å². The molecule has 0 aliphatic heterocycles. The van der Waals surface area contributed by atoms with Crippen LogP contribution in [0, 0.1) is 0 Å². The fraction of sp³-hybridized carbons (Fsp3) is 1.00. The zero-order chi connectivity index (χ0) is 23.6. The molecule has 0 radical (unpaired) electrons. The molecule has 0 saturated heterocycles. The first-order chi connectivity index (χ1) is 13.2. The molecule has 0 fully saturated rings. The maximum absolute atomic E-state index is 4.12. The quantitative estimate of drug-likeness (QED) is 0.228. The Morgan fingerprint density at radius 2 is 0.533 bits per heavy atom. The second-order valence-electron chi connectivity index (χ2n) is 5.71. The van der Waals surface area contributed by atoms with Gasteiger partial charge in [0.15, 0.2) is 0 Å². The van der Waals surface area contributed by atoms with Gasteiger partial charge in [-0.25, -0.2) is 0 Å². The van der Waals surface area contributed by atoms with E-state index in [1.54, 1.807) is 28.2 Å². The molecule has 8 heteroatoms. The van der Waals surface area contributed by atoms with E-state index in [-0.39, 0.29) is 51.7 Å². The Kier molecular flexibility index (Phi) is 123. The third kappa shape index (κ3) is 181. The molecule has 0 aliphatic carbocycles. The van der Waals surface area contributed by atoms with E-state index in [0.29, 0.717) is 12.1 Å². The first kappa shape index (κ1) is 53.1. The molecule has 0 aromatic heterocycles. The Morgan fingerprint density at radius 1 is 0.400 bits per heavy atom. The van der Waals surface area contributed by atoms with E-state index in [1.807, 2.05) is 27.7 Å². The van der Waals surface area contributed by atoms with E-state index >= 15 is 0 Å². The van der Waals surface area contributed by atoms with Gasteiger partial charge in [-0.3, -0.25) is 0 Å². The summed E-state index contributed by atoms with van der Waals surface area (Å²) < 4.78 is 0. The average Bonchev–Trinajstić information content (AvgIpc) is 2.69. The van der Waals surface area contributed by atoms with Gasteiger partial charge in [-0.2, -0.15) is 67.5 Å². The average molecular weight is 762 g/mol. The van der Waals surface area contributed by atoms with Crippen LogP contribution in [0.2, 0.25) is 0 Å². The fourth-order valence-corrected chi connectivity index (χ4v) is 0.730. The van der Waals surface area contributed by atoms with Crippen LogP contribution in [0.3, 0.4) is 0 Å². The van der Waals surface area contributed by atoms with E-state index in [9.17, 15) is 0 Å². The van der Waals surface area contributed by atoms with Gasteiger partial charge >= 0.3 is 0 Å². The molecule has 0 saturated carbocycles. The van der Waals surface area contributed by atoms with Crippen molar-refractivity contribution in [3.8, 4) is 0 Å². The summed E-state index contributed by atoms with van der Waals surface area (Å²) in [5.74, 6) is 0. The molecule has 30 heavy (non-hydrogen) atoms. The molecular weight excluding hydrogens is 705 g/mol. The number of hydrogen-bond donors (Lipinski definition) is 0. The van der Waals surface area contributed by atoms with Crippen LogP contribution < -0.4 is 0 Å². The first-order valence-electron chi connectivity index (χ1n) is 10.8. The van der Waals surface area contributed by atoms with Crippen molar-refractivity contribution >= 4 is 0 Å². The largest absolute Gasteiger partial charge is 0.665 e. The summed E-state index contributed by atoms with van der Waals surface area (Å²) in [6.45, 7) is 26.2. The number of rotatable bonds is 8. The molecule has 0 atom stereocenters. The molecule has 0 unspecified atom stereocenters. The SMILES string of the molecule is CC[N-]C.CC[N-]C.CC[N-]C.CC[N-]C.CC[N-]C(C)C.CC[N-]C(C)C.[Hf].[Hf]. The summed E-state index contributed by atoms with van der Waals surface area (Å²) in [7, 11) is 7.22. The normalized spacial score (nSPS) is 8.00. The zero-order valence-corrected chi connectivity index (χ0v) is 30.3. The Hall–Kier alpha value is 1.50. The van der Waals surface area contributed by atoms with Crippen LogP contribution in [0.5, 0.6) is 0 Å². The second kappa shape index (κ2) is 69.8. The predicted octanol–water partition coefficient (Wildman–Crippen LogP) is 7.61. The van der Waals surface area contributed by atoms with Crippen molar-refractivity contribution in [2.45, 2.75) is 81.3 Å². The third-order valence-electron chi connectivity index (χ3n) is 2.36. The van der Waals surface area contributed by atoms with E-state index in [0.717, 1.165) is 39.3 Å². The van der Waals surface area contributed by atoms with Crippen LogP contribution in [0.15, 0.2) is 0 Å². The van der Waals surface area contributed by atoms with E-state index in [1.165, 1.54) is 0 Å². The minimum absolute atomic E-state index is 0. The molecule has 0 aromatic rings. The third-order valence-corrected chi connectivity index (χ3v) is 2.36. The van der Waals surface area contributed by atoms with Gasteiger partial charge in [0, 0.05) is 51.7 Å². The van der Waals surface area contributed by atoms with Gasteiger partial charge in [0.25, 0.3) is 0 Å². The zero-order valence-electron chi connectivity index (χ0n) is 23.1. The molecule has 0 aromatic carbocycles. The van der Waals surface area contributed by atoms with Crippen molar-refractivity contribution in [1.82, 2.24) is 0 Å². The van der Waals surface area contributed by atoms with E-state index < -0.39 is 0 Å². The molecular formula is C22H56Hf2N6-6. The summed E-state index contributed by atoms with van der Waals surface area (Å²) in [5.41, 5.74) is 0. The fourth-order valence-electron chi connectivity index (χ4n) is 0.730. The van der Waals surface area contributed by atoms with Gasteiger partial charge in [-0.15, -0.1) is 12.1 Å². The van der Waals surface area contributed by atoms with Crippen molar-refractivity contribution in [1.29, 1.82) is 0 Å². The Bertz CT molecular complexity index is 144. The molecule has 6 nitrogen and oxygen atoms in total. The Labute approximate surface area is 231 Å². The first-order valence-corrected chi connectivity index (χ1v) is 10.8. The van der Waals surface area contributed by atoms with Crippen molar-refractivity contribution in [2.75, 3.05) is 67.5 Å². The minimum Gasteiger partial charge on any atom is -0.665 e. The molecule has 0 aliphatic rings. The van der Waals surface area contributed by atoms with Crippen LogP contribution in [0.1, 0.15) is 69.2 Å². The Morgan fingerprint density at radius 3 is 0.533 bits per heavy atom. The molecule has 0 rings (SSSR count). The molecule has 0 N–H and O–H groups in total. The van der Waals surface area contributed by atoms with Crippen LogP contribution in [-0.4, -0.2) is 79.5 Å². The van der Waals surface area contributed by atoms with Gasteiger partial charge in [0.2, 0.25) is 0 Å². The maximum atomic E-state index is 4.12. The molecule has 188 valence electrons. The monoisotopic (exact) mass is 764 g/mol. The molecule has 0 bridgehead atoms. The van der Waals surface area contributed by atoms with Gasteiger partial charge < -0.3 is 31.9 Å². The van der Waals surface area contributed by atoms with Crippen molar-refractivity contribution in [3.63, 3.8) is 0 Å². The molecule has 0 amide bonds. The summed E-state index contributed by atoms with van der Waals surface area (Å²) in [5, 5.41) is 23.2. The van der Waals surface area contributed by atoms with Crippen molar-refractivity contribution in [2.24, 2.45) is 0 Å².